The summed E-state index contributed by atoms with van der Waals surface area (Å²) in [5.41, 5.74) is 3.48. The van der Waals surface area contributed by atoms with Gasteiger partial charge >= 0.3 is 5.97 Å². The van der Waals surface area contributed by atoms with Crippen molar-refractivity contribution < 1.29 is 9.53 Å². The minimum Gasteiger partial charge on any atom is -0.468 e. The molecular weight excluding hydrogens is 346 g/mol. The van der Waals surface area contributed by atoms with Crippen molar-refractivity contribution in [2.75, 3.05) is 7.11 Å². The normalized spacial score (nSPS) is 13.1. The Kier molecular flexibility index (Phi) is 6.99. The Balaban J connectivity index is 1.96. The number of methoxy groups -OCH3 is 1. The molecule has 0 aliphatic carbocycles. The van der Waals surface area contributed by atoms with Gasteiger partial charge in [0.1, 0.15) is 6.04 Å². The summed E-state index contributed by atoms with van der Waals surface area (Å²) >= 11 is 0. The maximum atomic E-state index is 12.9. The van der Waals surface area contributed by atoms with Crippen LogP contribution in [0, 0.1) is 0 Å². The van der Waals surface area contributed by atoms with Crippen LogP contribution in [0.5, 0.6) is 0 Å². The number of ether oxygens (including phenoxy) is 1. The first-order valence-corrected chi connectivity index (χ1v) is 9.63. The van der Waals surface area contributed by atoms with E-state index in [9.17, 15) is 4.79 Å². The van der Waals surface area contributed by atoms with Gasteiger partial charge in [0.15, 0.2) is 0 Å². The minimum absolute atomic E-state index is 0.000995. The molecule has 3 aromatic rings. The highest BCUT2D eigenvalue weighted by atomic mass is 16.5. The number of rotatable bonds is 8. The molecule has 144 valence electrons. The molecule has 1 unspecified atom stereocenters. The third-order valence-corrected chi connectivity index (χ3v) is 5.09. The van der Waals surface area contributed by atoms with Gasteiger partial charge in [0.05, 0.1) is 7.11 Å². The molecule has 0 aromatic heterocycles. The summed E-state index contributed by atoms with van der Waals surface area (Å²) in [6.45, 7) is 3.44. The Labute approximate surface area is 167 Å². The van der Waals surface area contributed by atoms with Crippen LogP contribution in [-0.2, 0) is 22.6 Å². The first kappa shape index (κ1) is 19.8. The molecule has 3 aromatic carbocycles. The summed E-state index contributed by atoms with van der Waals surface area (Å²) in [6.07, 6.45) is 0. The minimum atomic E-state index is -0.382. The molecule has 0 heterocycles. The van der Waals surface area contributed by atoms with Crippen LogP contribution >= 0.6 is 0 Å². The zero-order valence-corrected chi connectivity index (χ0v) is 16.5. The van der Waals surface area contributed by atoms with Gasteiger partial charge in [0, 0.05) is 19.0 Å². The second kappa shape index (κ2) is 9.86. The van der Waals surface area contributed by atoms with Crippen molar-refractivity contribution in [2.24, 2.45) is 0 Å². The molecule has 0 aliphatic heterocycles. The maximum Gasteiger partial charge on any atom is 0.323 e. The SMILES string of the molecule is COC(=O)C([C@H](C)c1ccccc1)N(Cc1ccccc1)Cc1ccccc1. The molecule has 28 heavy (non-hydrogen) atoms. The molecule has 0 N–H and O–H groups in total. The molecule has 0 bridgehead atoms. The summed E-state index contributed by atoms with van der Waals surface area (Å²) in [5.74, 6) is -0.204. The number of esters is 1. The van der Waals surface area contributed by atoms with Gasteiger partial charge in [-0.3, -0.25) is 9.69 Å². The number of nitrogens with zero attached hydrogens (tertiary/aromatic N) is 1. The Hall–Kier alpha value is -2.91. The van der Waals surface area contributed by atoms with Crippen LogP contribution < -0.4 is 0 Å². The number of hydrogen-bond donors (Lipinski definition) is 0. The van der Waals surface area contributed by atoms with E-state index in [-0.39, 0.29) is 17.9 Å². The Morgan fingerprint density at radius 1 is 0.786 bits per heavy atom. The lowest BCUT2D eigenvalue weighted by atomic mass is 9.91. The maximum absolute atomic E-state index is 12.9. The lowest BCUT2D eigenvalue weighted by Crippen LogP contribution is -2.44. The molecule has 0 amide bonds. The van der Waals surface area contributed by atoms with E-state index >= 15 is 0 Å². The van der Waals surface area contributed by atoms with Crippen LogP contribution in [0.3, 0.4) is 0 Å². The predicted octanol–water partition coefficient (Wildman–Crippen LogP) is 5.03. The highest BCUT2D eigenvalue weighted by Crippen LogP contribution is 2.27. The lowest BCUT2D eigenvalue weighted by Gasteiger charge is -2.34. The fourth-order valence-electron chi connectivity index (χ4n) is 3.62. The fraction of sp³-hybridized carbons (Fsp3) is 0.240. The van der Waals surface area contributed by atoms with Gasteiger partial charge in [-0.15, -0.1) is 0 Å². The number of carbonyl (C=O) groups excluding carboxylic acids is 1. The third-order valence-electron chi connectivity index (χ3n) is 5.09. The molecule has 2 atom stereocenters. The highest BCUT2D eigenvalue weighted by Gasteiger charge is 2.33. The van der Waals surface area contributed by atoms with Crippen molar-refractivity contribution in [1.29, 1.82) is 0 Å². The molecule has 0 saturated heterocycles. The summed E-state index contributed by atoms with van der Waals surface area (Å²) in [4.78, 5) is 15.1. The molecule has 3 rings (SSSR count). The fourth-order valence-corrected chi connectivity index (χ4v) is 3.62. The molecular formula is C25H27NO2. The predicted molar refractivity (Wildman–Crippen MR) is 113 cm³/mol. The van der Waals surface area contributed by atoms with Gasteiger partial charge in [-0.2, -0.15) is 0 Å². The lowest BCUT2D eigenvalue weighted by molar-refractivity contribution is -0.148. The van der Waals surface area contributed by atoms with Crippen molar-refractivity contribution in [3.8, 4) is 0 Å². The van der Waals surface area contributed by atoms with Crippen molar-refractivity contribution in [1.82, 2.24) is 4.90 Å². The topological polar surface area (TPSA) is 29.5 Å². The summed E-state index contributed by atoms with van der Waals surface area (Å²) in [5, 5.41) is 0. The zero-order valence-electron chi connectivity index (χ0n) is 16.5. The van der Waals surface area contributed by atoms with Gasteiger partial charge in [-0.05, 0) is 16.7 Å². The molecule has 0 fully saturated rings. The van der Waals surface area contributed by atoms with Gasteiger partial charge in [0.25, 0.3) is 0 Å². The molecule has 0 spiro atoms. The van der Waals surface area contributed by atoms with Crippen molar-refractivity contribution in [2.45, 2.75) is 32.0 Å². The van der Waals surface area contributed by atoms with E-state index in [1.807, 2.05) is 54.6 Å². The quantitative estimate of drug-likeness (QED) is 0.519. The first-order valence-electron chi connectivity index (χ1n) is 9.63. The van der Waals surface area contributed by atoms with Crippen molar-refractivity contribution in [3.63, 3.8) is 0 Å². The first-order chi connectivity index (χ1) is 13.7. The van der Waals surface area contributed by atoms with Crippen LogP contribution in [0.2, 0.25) is 0 Å². The van der Waals surface area contributed by atoms with Crippen LogP contribution in [0.25, 0.3) is 0 Å². The van der Waals surface area contributed by atoms with Crippen molar-refractivity contribution >= 4 is 5.97 Å². The molecule has 3 nitrogen and oxygen atoms in total. The number of hydrogen-bond acceptors (Lipinski definition) is 3. The summed E-state index contributed by atoms with van der Waals surface area (Å²) in [7, 11) is 1.47. The summed E-state index contributed by atoms with van der Waals surface area (Å²) in [6, 6.07) is 30.3. The molecule has 3 heteroatoms. The van der Waals surface area contributed by atoms with E-state index in [0.717, 1.165) is 5.56 Å². The number of carbonyl (C=O) groups is 1. The second-order valence-corrected chi connectivity index (χ2v) is 7.04. The van der Waals surface area contributed by atoms with E-state index in [1.54, 1.807) is 0 Å². The standard InChI is InChI=1S/C25H27NO2/c1-20(23-16-10-5-11-17-23)24(25(27)28-2)26(18-21-12-6-3-7-13-21)19-22-14-8-4-9-15-22/h3-17,20,24H,18-19H2,1-2H3/t20-,24?/m1/s1. The molecule has 0 aliphatic rings. The monoisotopic (exact) mass is 373 g/mol. The molecule has 0 saturated carbocycles. The van der Waals surface area contributed by atoms with E-state index < -0.39 is 0 Å². The van der Waals surface area contributed by atoms with Crippen LogP contribution in [0.15, 0.2) is 91.0 Å². The second-order valence-electron chi connectivity index (χ2n) is 7.04. The van der Waals surface area contributed by atoms with E-state index in [0.29, 0.717) is 13.1 Å². The van der Waals surface area contributed by atoms with E-state index in [1.165, 1.54) is 18.2 Å². The van der Waals surface area contributed by atoms with Gasteiger partial charge < -0.3 is 4.74 Å². The average Bonchev–Trinajstić information content (AvgIpc) is 2.75. The largest absolute Gasteiger partial charge is 0.468 e. The Morgan fingerprint density at radius 2 is 1.21 bits per heavy atom. The smallest absolute Gasteiger partial charge is 0.323 e. The summed E-state index contributed by atoms with van der Waals surface area (Å²) < 4.78 is 5.23. The van der Waals surface area contributed by atoms with Gasteiger partial charge in [0.2, 0.25) is 0 Å². The van der Waals surface area contributed by atoms with Crippen molar-refractivity contribution in [3.05, 3.63) is 108 Å². The highest BCUT2D eigenvalue weighted by molar-refractivity contribution is 5.77. The van der Waals surface area contributed by atoms with E-state index in [4.69, 9.17) is 4.74 Å². The van der Waals surface area contributed by atoms with Crippen LogP contribution in [0.4, 0.5) is 0 Å². The van der Waals surface area contributed by atoms with E-state index in [2.05, 4.69) is 48.2 Å². The zero-order chi connectivity index (χ0) is 19.8. The van der Waals surface area contributed by atoms with Gasteiger partial charge in [-0.25, -0.2) is 0 Å². The Bertz CT molecular complexity index is 808. The van der Waals surface area contributed by atoms with Gasteiger partial charge in [-0.1, -0.05) is 97.9 Å². The van der Waals surface area contributed by atoms with Crippen LogP contribution in [-0.4, -0.2) is 24.0 Å². The third kappa shape index (κ3) is 5.08. The molecule has 0 radical (unpaired) electrons. The Morgan fingerprint density at radius 3 is 1.64 bits per heavy atom. The average molecular weight is 373 g/mol. The number of benzene rings is 3. The van der Waals surface area contributed by atoms with Crippen LogP contribution in [0.1, 0.15) is 29.5 Å².